The average Bonchev–Trinajstić information content (AvgIpc) is 2.95. The van der Waals surface area contributed by atoms with Gasteiger partial charge in [-0.15, -0.1) is 0 Å². The summed E-state index contributed by atoms with van der Waals surface area (Å²) in [5.41, 5.74) is 3.58. The van der Waals surface area contributed by atoms with Crippen molar-refractivity contribution in [1.29, 1.82) is 0 Å². The fourth-order valence-corrected chi connectivity index (χ4v) is 3.09. The number of aromatic nitrogens is 1. The largest absolute Gasteiger partial charge is 0.419 e. The first kappa shape index (κ1) is 19.7. The number of halogens is 1. The van der Waals surface area contributed by atoms with Crippen LogP contribution in [0.5, 0.6) is 0 Å². The number of hydrogen-bond donors (Lipinski definition) is 2. The van der Waals surface area contributed by atoms with Crippen LogP contribution < -0.4 is 16.4 Å². The Bertz CT molecular complexity index is 1080. The number of para-hydroxylation sites is 1. The van der Waals surface area contributed by atoms with Crippen LogP contribution in [0.15, 0.2) is 45.6 Å². The molecule has 1 heterocycles. The lowest BCUT2D eigenvalue weighted by molar-refractivity contribution is -0.124. The van der Waals surface area contributed by atoms with Crippen molar-refractivity contribution in [3.63, 3.8) is 0 Å². The van der Waals surface area contributed by atoms with E-state index in [2.05, 4.69) is 10.6 Å². The first-order chi connectivity index (χ1) is 13.3. The number of amides is 2. The molecule has 146 valence electrons. The highest BCUT2D eigenvalue weighted by atomic mass is 35.5. The summed E-state index contributed by atoms with van der Waals surface area (Å²) in [6.07, 6.45) is 0.0356. The summed E-state index contributed by atoms with van der Waals surface area (Å²) >= 11 is 5.88. The molecule has 0 saturated carbocycles. The number of oxazole rings is 1. The van der Waals surface area contributed by atoms with Crippen molar-refractivity contribution in [2.75, 3.05) is 11.9 Å². The first-order valence-electron chi connectivity index (χ1n) is 8.77. The van der Waals surface area contributed by atoms with Crippen LogP contribution in [0.25, 0.3) is 11.1 Å². The lowest BCUT2D eigenvalue weighted by Crippen LogP contribution is -2.34. The summed E-state index contributed by atoms with van der Waals surface area (Å²) in [7, 11) is 0. The van der Waals surface area contributed by atoms with Crippen LogP contribution in [-0.4, -0.2) is 22.9 Å². The first-order valence-corrected chi connectivity index (χ1v) is 9.14. The second-order valence-corrected chi connectivity index (χ2v) is 6.91. The number of aryl methyl sites for hydroxylation is 3. The molecule has 0 aliphatic heterocycles. The molecule has 0 unspecified atom stereocenters. The van der Waals surface area contributed by atoms with Crippen LogP contribution >= 0.6 is 11.6 Å². The minimum absolute atomic E-state index is 0.0356. The minimum atomic E-state index is -0.558. The van der Waals surface area contributed by atoms with E-state index >= 15 is 0 Å². The number of carbonyl (C=O) groups is 2. The topological polar surface area (TPSA) is 93.3 Å². The molecular weight excluding hydrogens is 382 g/mol. The SMILES string of the molecule is Cc1cccc(C)c1NC(=O)CNC(=O)CCn1c(=O)oc2cc(Cl)ccc21. The molecule has 0 aliphatic carbocycles. The molecule has 3 aromatic rings. The zero-order chi connectivity index (χ0) is 20.3. The third kappa shape index (κ3) is 4.43. The second kappa shape index (κ2) is 8.31. The molecule has 0 bridgehead atoms. The van der Waals surface area contributed by atoms with Crippen LogP contribution in [0.1, 0.15) is 17.5 Å². The van der Waals surface area contributed by atoms with Crippen molar-refractivity contribution in [2.24, 2.45) is 0 Å². The van der Waals surface area contributed by atoms with Crippen LogP contribution in [0.3, 0.4) is 0 Å². The van der Waals surface area contributed by atoms with E-state index in [-0.39, 0.29) is 31.3 Å². The maximum Gasteiger partial charge on any atom is 0.419 e. The van der Waals surface area contributed by atoms with E-state index in [1.807, 2.05) is 32.0 Å². The van der Waals surface area contributed by atoms with Crippen LogP contribution in [0.2, 0.25) is 5.02 Å². The zero-order valence-corrected chi connectivity index (χ0v) is 16.3. The molecule has 2 amide bonds. The Labute approximate surface area is 166 Å². The molecule has 0 saturated heterocycles. The molecule has 8 heteroatoms. The molecule has 2 N–H and O–H groups in total. The Morgan fingerprint density at radius 1 is 1.11 bits per heavy atom. The fourth-order valence-electron chi connectivity index (χ4n) is 2.93. The second-order valence-electron chi connectivity index (χ2n) is 6.47. The van der Waals surface area contributed by atoms with Crippen molar-refractivity contribution < 1.29 is 14.0 Å². The maximum atomic E-state index is 12.1. The van der Waals surface area contributed by atoms with Gasteiger partial charge in [0, 0.05) is 29.7 Å². The number of carbonyl (C=O) groups excluding carboxylic acids is 2. The summed E-state index contributed by atoms with van der Waals surface area (Å²) in [5.74, 6) is -1.21. The van der Waals surface area contributed by atoms with E-state index in [9.17, 15) is 14.4 Å². The summed E-state index contributed by atoms with van der Waals surface area (Å²) in [6.45, 7) is 3.80. The number of hydrogen-bond acceptors (Lipinski definition) is 4. The quantitative estimate of drug-likeness (QED) is 0.664. The highest BCUT2D eigenvalue weighted by Gasteiger charge is 2.13. The van der Waals surface area contributed by atoms with Crippen LogP contribution in [-0.2, 0) is 16.1 Å². The Balaban J connectivity index is 1.55. The molecule has 0 atom stereocenters. The number of anilines is 1. The maximum absolute atomic E-state index is 12.1. The summed E-state index contributed by atoms with van der Waals surface area (Å²) < 4.78 is 6.49. The van der Waals surface area contributed by atoms with Gasteiger partial charge in [-0.3, -0.25) is 14.2 Å². The van der Waals surface area contributed by atoms with Gasteiger partial charge in [-0.05, 0) is 37.1 Å². The van der Waals surface area contributed by atoms with E-state index in [1.165, 1.54) is 4.57 Å². The fraction of sp³-hybridized carbons (Fsp3) is 0.250. The highest BCUT2D eigenvalue weighted by Crippen LogP contribution is 2.19. The van der Waals surface area contributed by atoms with Crippen LogP contribution in [0, 0.1) is 13.8 Å². The van der Waals surface area contributed by atoms with Gasteiger partial charge in [0.25, 0.3) is 0 Å². The van der Waals surface area contributed by atoms with Gasteiger partial charge in [-0.25, -0.2) is 4.79 Å². The molecule has 28 heavy (non-hydrogen) atoms. The monoisotopic (exact) mass is 401 g/mol. The lowest BCUT2D eigenvalue weighted by Gasteiger charge is -2.12. The number of nitrogens with zero attached hydrogens (tertiary/aromatic N) is 1. The summed E-state index contributed by atoms with van der Waals surface area (Å²) in [6, 6.07) is 10.6. The van der Waals surface area contributed by atoms with Gasteiger partial charge < -0.3 is 15.1 Å². The predicted molar refractivity (Wildman–Crippen MR) is 108 cm³/mol. The van der Waals surface area contributed by atoms with E-state index in [1.54, 1.807) is 18.2 Å². The van der Waals surface area contributed by atoms with Gasteiger partial charge in [0.05, 0.1) is 12.1 Å². The number of fused-ring (bicyclic) bond motifs is 1. The smallest absolute Gasteiger partial charge is 0.408 e. The number of rotatable bonds is 6. The Hall–Kier alpha value is -3.06. The molecule has 7 nitrogen and oxygen atoms in total. The third-order valence-electron chi connectivity index (χ3n) is 4.38. The molecule has 0 radical (unpaired) electrons. The van der Waals surface area contributed by atoms with Crippen molar-refractivity contribution in [2.45, 2.75) is 26.8 Å². The number of nitrogens with one attached hydrogen (secondary N) is 2. The van der Waals surface area contributed by atoms with E-state index in [0.717, 1.165) is 16.8 Å². The molecule has 3 rings (SSSR count). The Morgan fingerprint density at radius 3 is 2.54 bits per heavy atom. The van der Waals surface area contributed by atoms with Crippen LogP contribution in [0.4, 0.5) is 5.69 Å². The van der Waals surface area contributed by atoms with Crippen molar-refractivity contribution >= 4 is 40.2 Å². The van der Waals surface area contributed by atoms with Gasteiger partial charge in [-0.2, -0.15) is 0 Å². The Kier molecular flexibility index (Phi) is 5.84. The normalized spacial score (nSPS) is 10.8. The Morgan fingerprint density at radius 2 is 1.82 bits per heavy atom. The van der Waals surface area contributed by atoms with Gasteiger partial charge in [-0.1, -0.05) is 29.8 Å². The van der Waals surface area contributed by atoms with Crippen molar-refractivity contribution in [3.05, 3.63) is 63.1 Å². The third-order valence-corrected chi connectivity index (χ3v) is 4.62. The highest BCUT2D eigenvalue weighted by molar-refractivity contribution is 6.31. The molecule has 0 spiro atoms. The standard InChI is InChI=1S/C20H20ClN3O4/c1-12-4-3-5-13(2)19(12)23-18(26)11-22-17(25)8-9-24-15-7-6-14(21)10-16(15)28-20(24)27/h3-7,10H,8-9,11H2,1-2H3,(H,22,25)(H,23,26). The van der Waals surface area contributed by atoms with Gasteiger partial charge in [0.2, 0.25) is 11.8 Å². The predicted octanol–water partition coefficient (Wildman–Crippen LogP) is 3.01. The molecule has 1 aromatic heterocycles. The van der Waals surface area contributed by atoms with E-state index < -0.39 is 5.76 Å². The molecule has 0 aliphatic rings. The van der Waals surface area contributed by atoms with Crippen molar-refractivity contribution in [1.82, 2.24) is 9.88 Å². The van der Waals surface area contributed by atoms with E-state index in [0.29, 0.717) is 16.1 Å². The van der Waals surface area contributed by atoms with Gasteiger partial charge in [0.1, 0.15) is 0 Å². The van der Waals surface area contributed by atoms with Gasteiger partial charge >= 0.3 is 5.76 Å². The zero-order valence-electron chi connectivity index (χ0n) is 15.5. The minimum Gasteiger partial charge on any atom is -0.408 e. The molecular formula is C20H20ClN3O4. The molecule has 2 aromatic carbocycles. The number of benzene rings is 2. The summed E-state index contributed by atoms with van der Waals surface area (Å²) in [4.78, 5) is 36.1. The molecule has 0 fully saturated rings. The van der Waals surface area contributed by atoms with Crippen molar-refractivity contribution in [3.8, 4) is 0 Å². The lowest BCUT2D eigenvalue weighted by atomic mass is 10.1. The average molecular weight is 402 g/mol. The van der Waals surface area contributed by atoms with E-state index in [4.69, 9.17) is 16.0 Å². The summed E-state index contributed by atoms with van der Waals surface area (Å²) in [5, 5.41) is 5.83. The van der Waals surface area contributed by atoms with Gasteiger partial charge in [0.15, 0.2) is 5.58 Å².